The van der Waals surface area contributed by atoms with E-state index in [-0.39, 0.29) is 36.9 Å². The number of aliphatic hydroxyl groups is 2. The fourth-order valence-corrected chi connectivity index (χ4v) is 10.3. The predicted octanol–water partition coefficient (Wildman–Crippen LogP) is 3.77. The van der Waals surface area contributed by atoms with Crippen LogP contribution in [0.3, 0.4) is 0 Å². The van der Waals surface area contributed by atoms with Crippen molar-refractivity contribution >= 4 is 11.9 Å². The third-order valence-corrected chi connectivity index (χ3v) is 14.0. The second-order valence-electron chi connectivity index (χ2n) is 19.7. The highest BCUT2D eigenvalue weighted by molar-refractivity contribution is 5.73. The van der Waals surface area contributed by atoms with Gasteiger partial charge < -0.3 is 62.6 Å². The summed E-state index contributed by atoms with van der Waals surface area (Å²) in [4.78, 5) is 33.0. The van der Waals surface area contributed by atoms with E-state index in [1.807, 2.05) is 86.6 Å². The zero-order valence-electron chi connectivity index (χ0n) is 39.9. The molecule has 4 aliphatic heterocycles. The van der Waals surface area contributed by atoms with Crippen molar-refractivity contribution < 1.29 is 62.4 Å². The number of aliphatic hydroxyl groups excluding tert-OH is 1. The van der Waals surface area contributed by atoms with Crippen LogP contribution in [0.1, 0.15) is 109 Å². The molecule has 0 spiro atoms. The van der Waals surface area contributed by atoms with E-state index < -0.39 is 102 Å². The number of hydrogen-bond acceptors (Lipinski definition) is 16. The minimum atomic E-state index is -1.54. The van der Waals surface area contributed by atoms with Crippen LogP contribution >= 0.6 is 0 Å². The van der Waals surface area contributed by atoms with Gasteiger partial charge >= 0.3 is 11.9 Å². The first-order valence-corrected chi connectivity index (χ1v) is 22.0. The van der Waals surface area contributed by atoms with E-state index in [4.69, 9.17) is 42.6 Å². The van der Waals surface area contributed by atoms with Gasteiger partial charge in [-0.05, 0) is 109 Å². The highest BCUT2D eigenvalue weighted by Crippen LogP contribution is 2.46. The van der Waals surface area contributed by atoms with Crippen molar-refractivity contribution in [2.24, 2.45) is 17.8 Å². The summed E-state index contributed by atoms with van der Waals surface area (Å²) in [5.74, 6) is -3.87. The maximum Gasteiger partial charge on any atom is 0.311 e. The van der Waals surface area contributed by atoms with Gasteiger partial charge in [0.25, 0.3) is 0 Å². The van der Waals surface area contributed by atoms with E-state index >= 15 is 0 Å². The average Bonchev–Trinajstić information content (AvgIpc) is 3.44. The fraction of sp³-hybridized carbons (Fsp3) is 0.955. The smallest absolute Gasteiger partial charge is 0.311 e. The molecule has 60 heavy (non-hydrogen) atoms. The minimum Gasteiger partial charge on any atom is -0.459 e. The molecule has 0 aromatic carbocycles. The fourth-order valence-electron chi connectivity index (χ4n) is 10.3. The molecule has 16 nitrogen and oxygen atoms in total. The van der Waals surface area contributed by atoms with Crippen LogP contribution in [0, 0.1) is 17.8 Å². The van der Waals surface area contributed by atoms with E-state index in [1.165, 1.54) is 6.92 Å². The first-order chi connectivity index (χ1) is 27.6. The van der Waals surface area contributed by atoms with Crippen LogP contribution in [0.2, 0.25) is 0 Å². The summed E-state index contributed by atoms with van der Waals surface area (Å²) in [6.07, 6.45) is -6.51. The molecule has 19 atom stereocenters. The Morgan fingerprint density at radius 2 is 1.60 bits per heavy atom. The third kappa shape index (κ3) is 10.9. The van der Waals surface area contributed by atoms with E-state index in [2.05, 4.69) is 18.7 Å². The van der Waals surface area contributed by atoms with Gasteiger partial charge in [-0.2, -0.15) is 0 Å². The Morgan fingerprint density at radius 3 is 2.15 bits per heavy atom. The lowest BCUT2D eigenvalue weighted by Gasteiger charge is -2.49. The second kappa shape index (κ2) is 19.7. The van der Waals surface area contributed by atoms with Gasteiger partial charge in [-0.1, -0.05) is 20.8 Å². The summed E-state index contributed by atoms with van der Waals surface area (Å²) in [5, 5.41) is 24.5. The molecule has 0 amide bonds. The molecule has 2 unspecified atom stereocenters. The van der Waals surface area contributed by atoms with Crippen LogP contribution in [-0.2, 0) is 52.2 Å². The highest BCUT2D eigenvalue weighted by atomic mass is 16.8. The van der Waals surface area contributed by atoms with Crippen molar-refractivity contribution in [1.82, 2.24) is 14.7 Å². The van der Waals surface area contributed by atoms with Crippen LogP contribution in [0.25, 0.3) is 0 Å². The van der Waals surface area contributed by atoms with Gasteiger partial charge in [-0.25, -0.2) is 0 Å². The van der Waals surface area contributed by atoms with Gasteiger partial charge in [0.2, 0.25) is 5.91 Å². The zero-order chi connectivity index (χ0) is 45.4. The van der Waals surface area contributed by atoms with Crippen molar-refractivity contribution in [2.45, 2.75) is 205 Å². The lowest BCUT2D eigenvalue weighted by atomic mass is 9.77. The monoisotopic (exact) mass is 860 g/mol. The summed E-state index contributed by atoms with van der Waals surface area (Å²) in [7, 11) is 11.2. The normalized spacial score (nSPS) is 48.0. The standard InChI is InChI=1S/C44H81N3O13/c1-19-32-43(11)37(59-44(12,60-43)46(15)16)28(6)47(17)23-24(2)21-41(9,51)36(58-40-34(49)31(45(13)14)20-25(3)53-40)26(4)35(27(5)39(50)56-32)57-33-22-42(10,52-18)38(29(7)54-33)55-30(8)48/h24-29,31-38,40,49,51H,19-23H2,1-18H3/t24-,25-,26?,27-,28-,29+,31+,32-,33+,34-,35+,36-,37-,38+,40+,41-,42-,43-,44?/m1/s1. The second-order valence-corrected chi connectivity index (χ2v) is 19.7. The summed E-state index contributed by atoms with van der Waals surface area (Å²) in [5.41, 5.74) is -3.61. The highest BCUT2D eigenvalue weighted by Gasteiger charge is 2.61. The van der Waals surface area contributed by atoms with Crippen LogP contribution in [-0.4, -0.2) is 182 Å². The molecule has 4 saturated heterocycles. The molecule has 350 valence electrons. The number of esters is 2. The lowest BCUT2D eigenvalue weighted by molar-refractivity contribution is -0.318. The Bertz CT molecular complexity index is 1440. The first kappa shape index (κ1) is 51.1. The number of fused-ring (bicyclic) bond motifs is 1. The number of cyclic esters (lactones) is 1. The number of carbonyl (C=O) groups excluding carboxylic acids is 2. The summed E-state index contributed by atoms with van der Waals surface area (Å²) in [6.45, 7) is 22.8. The molecular formula is C44H81N3O13. The summed E-state index contributed by atoms with van der Waals surface area (Å²) < 4.78 is 58.4. The van der Waals surface area contributed by atoms with Crippen molar-refractivity contribution in [3.8, 4) is 0 Å². The zero-order valence-corrected chi connectivity index (χ0v) is 39.9. The molecule has 0 aromatic rings. The molecule has 4 aliphatic rings. The Balaban J connectivity index is 1.86. The maximum absolute atomic E-state index is 14.8. The lowest BCUT2D eigenvalue weighted by Crippen LogP contribution is -2.61. The summed E-state index contributed by atoms with van der Waals surface area (Å²) in [6, 6.07) is -0.469. The quantitative estimate of drug-likeness (QED) is 0.322. The third-order valence-electron chi connectivity index (χ3n) is 14.0. The molecule has 0 aliphatic carbocycles. The molecule has 4 rings (SSSR count). The Morgan fingerprint density at radius 1 is 0.967 bits per heavy atom. The van der Waals surface area contributed by atoms with Crippen LogP contribution in [0.5, 0.6) is 0 Å². The summed E-state index contributed by atoms with van der Waals surface area (Å²) >= 11 is 0. The van der Waals surface area contributed by atoms with Crippen LogP contribution in [0.4, 0.5) is 0 Å². The number of methoxy groups -OCH3 is 1. The molecular weight excluding hydrogens is 778 g/mol. The maximum atomic E-state index is 14.8. The van der Waals surface area contributed by atoms with Gasteiger partial charge in [0.1, 0.15) is 29.5 Å². The van der Waals surface area contributed by atoms with Crippen molar-refractivity contribution in [1.29, 1.82) is 0 Å². The predicted molar refractivity (Wildman–Crippen MR) is 224 cm³/mol. The Kier molecular flexibility index (Phi) is 16.8. The largest absolute Gasteiger partial charge is 0.459 e. The van der Waals surface area contributed by atoms with Gasteiger partial charge in [0.05, 0.1) is 35.9 Å². The number of carbonyl (C=O) groups is 2. The molecule has 0 radical (unpaired) electrons. The molecule has 0 bridgehead atoms. The van der Waals surface area contributed by atoms with E-state index in [0.29, 0.717) is 19.4 Å². The molecule has 0 saturated carbocycles. The molecule has 0 aromatic heterocycles. The van der Waals surface area contributed by atoms with Gasteiger partial charge in [-0.3, -0.25) is 14.5 Å². The topological polar surface area (TPSA) is 167 Å². The van der Waals surface area contributed by atoms with Crippen molar-refractivity contribution in [3.05, 3.63) is 0 Å². The molecule has 4 fully saturated rings. The number of ether oxygens (including phenoxy) is 9. The van der Waals surface area contributed by atoms with Gasteiger partial charge in [0.15, 0.2) is 18.7 Å². The SMILES string of the molecule is CC[C@H]1OC(=O)[C@H](C)[C@@H](O[C@H]2C[C@@](C)(OC)[C@@H](OC(C)=O)[C@H](C)O2)C(C)[C@@H](O[C@@H]2O[C@H](C)C[C@H](N(C)C)[C@H]2O)[C@](C)(O)C[C@@H](C)CN(C)[C@H](C)[C@H]2OC(C)(N(C)C)O[C@@]21C. The molecule has 2 N–H and O–H groups in total. The van der Waals surface area contributed by atoms with E-state index in [0.717, 1.165) is 0 Å². The van der Waals surface area contributed by atoms with Crippen LogP contribution in [0.15, 0.2) is 0 Å². The average molecular weight is 860 g/mol. The number of likely N-dealkylation sites (N-methyl/N-ethyl adjacent to an activating group) is 2. The number of nitrogens with zero attached hydrogens (tertiary/aromatic N) is 3. The Hall–Kier alpha value is -1.54. The Labute approximate surface area is 360 Å². The minimum absolute atomic E-state index is 0.0740. The van der Waals surface area contributed by atoms with Gasteiger partial charge in [-0.15, -0.1) is 0 Å². The van der Waals surface area contributed by atoms with Gasteiger partial charge in [0, 0.05) is 51.9 Å². The molecule has 4 heterocycles. The molecule has 16 heteroatoms. The number of rotatable bonds is 9. The van der Waals surface area contributed by atoms with Crippen molar-refractivity contribution in [3.63, 3.8) is 0 Å². The van der Waals surface area contributed by atoms with Crippen molar-refractivity contribution in [2.75, 3.05) is 48.9 Å². The first-order valence-electron chi connectivity index (χ1n) is 22.0. The van der Waals surface area contributed by atoms with Crippen LogP contribution < -0.4 is 0 Å². The number of hydrogen-bond donors (Lipinski definition) is 2. The van der Waals surface area contributed by atoms with E-state index in [9.17, 15) is 19.8 Å². The van der Waals surface area contributed by atoms with E-state index in [1.54, 1.807) is 27.9 Å².